The topological polar surface area (TPSA) is 55.8 Å². The van der Waals surface area contributed by atoms with Crippen LogP contribution in [-0.2, 0) is 14.3 Å². The highest BCUT2D eigenvalue weighted by Crippen LogP contribution is 2.39. The minimum Gasteiger partial charge on any atom is -0.496 e. The van der Waals surface area contributed by atoms with Gasteiger partial charge in [-0.25, -0.2) is 4.79 Å². The van der Waals surface area contributed by atoms with Crippen molar-refractivity contribution in [3.8, 4) is 5.75 Å². The predicted octanol–water partition coefficient (Wildman–Crippen LogP) is 4.20. The van der Waals surface area contributed by atoms with E-state index in [1.54, 1.807) is 32.2 Å². The minimum absolute atomic E-state index is 0.216. The van der Waals surface area contributed by atoms with Crippen LogP contribution in [-0.4, -0.2) is 34.8 Å². The second-order valence-corrected chi connectivity index (χ2v) is 7.53. The van der Waals surface area contributed by atoms with Crippen LogP contribution in [0, 0.1) is 0 Å². The molecule has 1 unspecified atom stereocenters. The van der Waals surface area contributed by atoms with E-state index in [0.717, 1.165) is 17.3 Å². The molecule has 0 bridgehead atoms. The molecule has 1 atom stereocenters. The third kappa shape index (κ3) is 4.10. The fraction of sp³-hybridized carbons (Fsp3) is 0.190. The van der Waals surface area contributed by atoms with Crippen molar-refractivity contribution in [1.29, 1.82) is 0 Å². The summed E-state index contributed by atoms with van der Waals surface area (Å²) in [6.45, 7) is 1.94. The van der Waals surface area contributed by atoms with Crippen LogP contribution in [0.25, 0.3) is 6.08 Å². The molecule has 144 valence electrons. The Hall–Kier alpha value is -2.64. The summed E-state index contributed by atoms with van der Waals surface area (Å²) in [6, 6.07) is 15.5. The lowest BCUT2D eigenvalue weighted by Gasteiger charge is -2.25. The van der Waals surface area contributed by atoms with Gasteiger partial charge < -0.3 is 9.47 Å². The molecule has 0 spiro atoms. The van der Waals surface area contributed by atoms with E-state index >= 15 is 0 Å². The monoisotopic (exact) mass is 413 g/mol. The van der Waals surface area contributed by atoms with Gasteiger partial charge in [0.2, 0.25) is 0 Å². The van der Waals surface area contributed by atoms with Gasteiger partial charge >= 0.3 is 5.97 Å². The number of carbonyl (C=O) groups is 2. The molecule has 0 aromatic heterocycles. The number of hydrogen-bond acceptors (Lipinski definition) is 6. The van der Waals surface area contributed by atoms with E-state index in [0.29, 0.717) is 20.5 Å². The van der Waals surface area contributed by atoms with E-state index in [9.17, 15) is 9.59 Å². The quantitative estimate of drug-likeness (QED) is 0.402. The first-order valence-electron chi connectivity index (χ1n) is 8.68. The lowest BCUT2D eigenvalue weighted by molar-refractivity contribution is -0.151. The number of benzene rings is 2. The number of ether oxygens (including phenoxy) is 2. The van der Waals surface area contributed by atoms with Crippen molar-refractivity contribution in [2.75, 3.05) is 13.7 Å². The van der Waals surface area contributed by atoms with Crippen molar-refractivity contribution in [3.63, 3.8) is 0 Å². The van der Waals surface area contributed by atoms with Crippen LogP contribution in [0.2, 0.25) is 0 Å². The number of para-hydroxylation sites is 1. The number of hydrogen-bond donors (Lipinski definition) is 0. The zero-order valence-electron chi connectivity index (χ0n) is 15.5. The average molecular weight is 414 g/mol. The van der Waals surface area contributed by atoms with Gasteiger partial charge in [-0.05, 0) is 24.6 Å². The van der Waals surface area contributed by atoms with E-state index in [-0.39, 0.29) is 12.5 Å². The second-order valence-electron chi connectivity index (χ2n) is 5.86. The summed E-state index contributed by atoms with van der Waals surface area (Å²) >= 11 is 6.60. The van der Waals surface area contributed by atoms with Gasteiger partial charge in [0.05, 0.1) is 18.6 Å². The Kier molecular flexibility index (Phi) is 6.49. The summed E-state index contributed by atoms with van der Waals surface area (Å²) in [4.78, 5) is 27.6. The Balaban J connectivity index is 1.99. The van der Waals surface area contributed by atoms with Crippen molar-refractivity contribution < 1.29 is 19.1 Å². The first-order chi connectivity index (χ1) is 13.6. The third-order valence-electron chi connectivity index (χ3n) is 4.13. The lowest BCUT2D eigenvalue weighted by atomic mass is 10.1. The maximum atomic E-state index is 13.1. The molecule has 1 heterocycles. The SMILES string of the molecule is CCOC(=O)C(c1ccccc1)N1C(=O)/C(=C\c2ccccc2OC)SC1=S. The Bertz CT molecular complexity index is 927. The highest BCUT2D eigenvalue weighted by Gasteiger charge is 2.42. The van der Waals surface area contributed by atoms with Gasteiger partial charge in [0.15, 0.2) is 6.04 Å². The molecule has 0 radical (unpaired) electrons. The van der Waals surface area contributed by atoms with Crippen LogP contribution >= 0.6 is 24.0 Å². The maximum Gasteiger partial charge on any atom is 0.333 e. The molecule has 28 heavy (non-hydrogen) atoms. The van der Waals surface area contributed by atoms with Crippen LogP contribution in [0.1, 0.15) is 24.1 Å². The van der Waals surface area contributed by atoms with Gasteiger partial charge in [0, 0.05) is 5.56 Å². The van der Waals surface area contributed by atoms with Crippen molar-refractivity contribution in [3.05, 3.63) is 70.6 Å². The van der Waals surface area contributed by atoms with Crippen LogP contribution in [0.4, 0.5) is 0 Å². The van der Waals surface area contributed by atoms with Crippen molar-refractivity contribution >= 4 is 46.3 Å². The van der Waals surface area contributed by atoms with Crippen molar-refractivity contribution in [1.82, 2.24) is 4.90 Å². The van der Waals surface area contributed by atoms with E-state index in [1.165, 1.54) is 4.90 Å². The Labute approximate surface area is 173 Å². The summed E-state index contributed by atoms with van der Waals surface area (Å²) in [7, 11) is 1.57. The summed E-state index contributed by atoms with van der Waals surface area (Å²) in [6.07, 6.45) is 1.73. The van der Waals surface area contributed by atoms with Crippen molar-refractivity contribution in [2.45, 2.75) is 13.0 Å². The first kappa shape index (κ1) is 20.1. The van der Waals surface area contributed by atoms with E-state index in [1.807, 2.05) is 42.5 Å². The Morgan fingerprint density at radius 2 is 1.86 bits per heavy atom. The van der Waals surface area contributed by atoms with Gasteiger partial charge in [-0.1, -0.05) is 72.5 Å². The zero-order valence-corrected chi connectivity index (χ0v) is 17.1. The average Bonchev–Trinajstić information content (AvgIpc) is 2.97. The van der Waals surface area contributed by atoms with Crippen molar-refractivity contribution in [2.24, 2.45) is 0 Å². The van der Waals surface area contributed by atoms with E-state index in [2.05, 4.69) is 0 Å². The highest BCUT2D eigenvalue weighted by molar-refractivity contribution is 8.26. The molecule has 0 aliphatic carbocycles. The molecule has 2 aromatic rings. The molecule has 5 nitrogen and oxygen atoms in total. The number of carbonyl (C=O) groups excluding carboxylic acids is 2. The largest absolute Gasteiger partial charge is 0.496 e. The molecule has 1 fully saturated rings. The van der Waals surface area contributed by atoms with E-state index in [4.69, 9.17) is 21.7 Å². The molecule has 1 aliphatic heterocycles. The smallest absolute Gasteiger partial charge is 0.333 e. The Morgan fingerprint density at radius 1 is 1.18 bits per heavy atom. The number of nitrogens with zero attached hydrogens (tertiary/aromatic N) is 1. The molecule has 1 saturated heterocycles. The minimum atomic E-state index is -0.919. The molecular weight excluding hydrogens is 394 g/mol. The number of thioether (sulfide) groups is 1. The standard InChI is InChI=1S/C21H19NO4S2/c1-3-26-20(24)18(14-9-5-4-6-10-14)22-19(23)17(28-21(22)27)13-15-11-7-8-12-16(15)25-2/h4-13,18H,3H2,1-2H3/b17-13+. The molecular formula is C21H19NO4S2. The van der Waals surface area contributed by atoms with Gasteiger partial charge in [0.25, 0.3) is 5.91 Å². The molecule has 2 aromatic carbocycles. The zero-order chi connectivity index (χ0) is 20.1. The molecule has 1 aliphatic rings. The molecule has 0 N–H and O–H groups in total. The summed E-state index contributed by atoms with van der Waals surface area (Å²) in [5.41, 5.74) is 1.41. The fourth-order valence-corrected chi connectivity index (χ4v) is 4.18. The number of esters is 1. The van der Waals surface area contributed by atoms with Crippen LogP contribution in [0.3, 0.4) is 0 Å². The lowest BCUT2D eigenvalue weighted by Crippen LogP contribution is -2.38. The van der Waals surface area contributed by atoms with Gasteiger partial charge in [-0.2, -0.15) is 0 Å². The Morgan fingerprint density at radius 3 is 2.54 bits per heavy atom. The normalized spacial score (nSPS) is 16.4. The van der Waals surface area contributed by atoms with Gasteiger partial charge in [-0.3, -0.25) is 9.69 Å². The fourth-order valence-electron chi connectivity index (χ4n) is 2.88. The van der Waals surface area contributed by atoms with Gasteiger partial charge in [0.1, 0.15) is 10.1 Å². The van der Waals surface area contributed by atoms with Crippen LogP contribution in [0.5, 0.6) is 5.75 Å². The molecule has 0 saturated carbocycles. The summed E-state index contributed by atoms with van der Waals surface area (Å²) in [5.74, 6) is -0.191. The van der Waals surface area contributed by atoms with Crippen LogP contribution < -0.4 is 4.74 Å². The number of amides is 1. The van der Waals surface area contributed by atoms with Gasteiger partial charge in [-0.15, -0.1) is 0 Å². The number of methoxy groups -OCH3 is 1. The third-order valence-corrected chi connectivity index (χ3v) is 5.46. The molecule has 1 amide bonds. The predicted molar refractivity (Wildman–Crippen MR) is 114 cm³/mol. The number of thiocarbonyl (C=S) groups is 1. The summed E-state index contributed by atoms with van der Waals surface area (Å²) in [5, 5.41) is 0. The van der Waals surface area contributed by atoms with Crippen LogP contribution in [0.15, 0.2) is 59.5 Å². The van der Waals surface area contributed by atoms with E-state index < -0.39 is 12.0 Å². The summed E-state index contributed by atoms with van der Waals surface area (Å²) < 4.78 is 10.9. The molecule has 3 rings (SSSR count). The first-order valence-corrected chi connectivity index (χ1v) is 9.91. The second kappa shape index (κ2) is 9.03. The highest BCUT2D eigenvalue weighted by atomic mass is 32.2. The maximum absolute atomic E-state index is 13.1. The number of rotatable bonds is 6. The molecule has 7 heteroatoms.